The van der Waals surface area contributed by atoms with Gasteiger partial charge >= 0.3 is 0 Å². The second kappa shape index (κ2) is 16.5. The molecule has 0 aromatic carbocycles. The predicted octanol–water partition coefficient (Wildman–Crippen LogP) is 3.74. The number of ether oxygens (including phenoxy) is 2. The van der Waals surface area contributed by atoms with Crippen molar-refractivity contribution in [3.8, 4) is 0 Å². The number of rotatable bonds is 18. The number of unbranched alkanes of at least 4 members (excludes halogenated alkanes) is 12. The van der Waals surface area contributed by atoms with Crippen LogP contribution >= 0.6 is 0 Å². The third-order valence-corrected chi connectivity index (χ3v) is 5.34. The van der Waals surface area contributed by atoms with E-state index in [9.17, 15) is 10.2 Å². The smallest absolute Gasteiger partial charge is 0.114 e. The first kappa shape index (κ1) is 24.6. The van der Waals surface area contributed by atoms with Gasteiger partial charge in [-0.2, -0.15) is 0 Å². The monoisotopic (exact) mass is 386 g/mol. The Morgan fingerprint density at radius 1 is 0.926 bits per heavy atom. The Labute approximate surface area is 165 Å². The summed E-state index contributed by atoms with van der Waals surface area (Å²) in [4.78, 5) is 0. The summed E-state index contributed by atoms with van der Waals surface area (Å²) in [7, 11) is 0. The fraction of sp³-hybridized carbons (Fsp3) is 0.909. The van der Waals surface area contributed by atoms with Gasteiger partial charge in [0.1, 0.15) is 24.4 Å². The molecule has 1 heterocycles. The molecule has 0 saturated carbocycles. The van der Waals surface area contributed by atoms with Crippen molar-refractivity contribution < 1.29 is 24.8 Å². The van der Waals surface area contributed by atoms with E-state index in [0.717, 1.165) is 19.3 Å². The van der Waals surface area contributed by atoms with E-state index in [1.165, 1.54) is 64.2 Å². The predicted molar refractivity (Wildman–Crippen MR) is 109 cm³/mol. The molecule has 3 N–H and O–H groups in total. The minimum absolute atomic E-state index is 0.154. The molecule has 0 spiro atoms. The lowest BCUT2D eigenvalue weighted by Crippen LogP contribution is -2.42. The Morgan fingerprint density at radius 3 is 1.96 bits per heavy atom. The largest absolute Gasteiger partial charge is 0.394 e. The number of aliphatic hydroxyl groups excluding tert-OH is 3. The summed E-state index contributed by atoms with van der Waals surface area (Å²) in [6.07, 6.45) is 15.6. The molecule has 0 radical (unpaired) electrons. The molecule has 1 saturated heterocycles. The zero-order valence-corrected chi connectivity index (χ0v) is 17.1. The van der Waals surface area contributed by atoms with E-state index in [4.69, 9.17) is 14.6 Å². The van der Waals surface area contributed by atoms with E-state index in [1.54, 1.807) is 0 Å². The van der Waals surface area contributed by atoms with Crippen LogP contribution in [0, 0.1) is 0 Å². The molecular formula is C22H42O5. The molecule has 160 valence electrons. The molecule has 4 atom stereocenters. The zero-order chi connectivity index (χ0) is 19.7. The van der Waals surface area contributed by atoms with Crippen LogP contribution in [0.4, 0.5) is 0 Å². The maximum absolute atomic E-state index is 9.87. The van der Waals surface area contributed by atoms with Crippen LogP contribution in [0.25, 0.3) is 0 Å². The van der Waals surface area contributed by atoms with Crippen LogP contribution in [0.15, 0.2) is 12.7 Å². The van der Waals surface area contributed by atoms with Crippen LogP contribution in [0.5, 0.6) is 0 Å². The van der Waals surface area contributed by atoms with E-state index in [2.05, 4.69) is 6.58 Å². The highest BCUT2D eigenvalue weighted by atomic mass is 16.6. The fourth-order valence-electron chi connectivity index (χ4n) is 3.64. The topological polar surface area (TPSA) is 79.2 Å². The van der Waals surface area contributed by atoms with Crippen molar-refractivity contribution in [1.82, 2.24) is 0 Å². The average molecular weight is 387 g/mol. The third-order valence-electron chi connectivity index (χ3n) is 5.34. The molecule has 0 aromatic rings. The van der Waals surface area contributed by atoms with Gasteiger partial charge in [0.05, 0.1) is 13.2 Å². The summed E-state index contributed by atoms with van der Waals surface area (Å²) in [5.41, 5.74) is 0. The van der Waals surface area contributed by atoms with Gasteiger partial charge in [0.15, 0.2) is 0 Å². The van der Waals surface area contributed by atoms with Gasteiger partial charge in [-0.05, 0) is 19.3 Å². The molecule has 5 heteroatoms. The minimum atomic E-state index is -1.00. The quantitative estimate of drug-likeness (QED) is 0.247. The Kier molecular flexibility index (Phi) is 15.0. The number of hydrogen-bond acceptors (Lipinski definition) is 5. The van der Waals surface area contributed by atoms with Crippen LogP contribution in [-0.4, -0.2) is 59.6 Å². The normalized spacial score (nSPS) is 23.6. The molecule has 5 nitrogen and oxygen atoms in total. The Balaban J connectivity index is 1.87. The fourth-order valence-corrected chi connectivity index (χ4v) is 3.64. The van der Waals surface area contributed by atoms with Crippen molar-refractivity contribution in [2.75, 3.05) is 19.8 Å². The SMILES string of the molecule is C=CCCCCCCCCCCCCCCO[C@H]1[C@@H]([C@@H](O)CO)OC[C@H]1O. The Bertz CT molecular complexity index is 350. The third kappa shape index (κ3) is 11.2. The van der Waals surface area contributed by atoms with Crippen molar-refractivity contribution in [2.24, 2.45) is 0 Å². The molecular weight excluding hydrogens is 344 g/mol. The minimum Gasteiger partial charge on any atom is -0.394 e. The first-order valence-electron chi connectivity index (χ1n) is 11.0. The highest BCUT2D eigenvalue weighted by molar-refractivity contribution is 4.89. The molecule has 27 heavy (non-hydrogen) atoms. The van der Waals surface area contributed by atoms with Crippen LogP contribution in [0.2, 0.25) is 0 Å². The molecule has 0 unspecified atom stereocenters. The van der Waals surface area contributed by atoms with Gasteiger partial charge in [-0.15, -0.1) is 6.58 Å². The summed E-state index contributed by atoms with van der Waals surface area (Å²) in [5, 5.41) is 28.6. The first-order valence-corrected chi connectivity index (χ1v) is 11.0. The highest BCUT2D eigenvalue weighted by Gasteiger charge is 2.40. The van der Waals surface area contributed by atoms with Crippen LogP contribution in [0.3, 0.4) is 0 Å². The second-order valence-electron chi connectivity index (χ2n) is 7.77. The maximum Gasteiger partial charge on any atom is 0.114 e. The highest BCUT2D eigenvalue weighted by Crippen LogP contribution is 2.21. The van der Waals surface area contributed by atoms with Crippen molar-refractivity contribution in [3.05, 3.63) is 12.7 Å². The molecule has 1 aliphatic rings. The zero-order valence-electron chi connectivity index (χ0n) is 17.1. The number of hydrogen-bond donors (Lipinski definition) is 3. The Morgan fingerprint density at radius 2 is 1.44 bits per heavy atom. The molecule has 0 aliphatic carbocycles. The van der Waals surface area contributed by atoms with Gasteiger partial charge in [0.25, 0.3) is 0 Å². The van der Waals surface area contributed by atoms with Crippen molar-refractivity contribution in [2.45, 2.75) is 108 Å². The molecule has 1 rings (SSSR count). The molecule has 1 aliphatic heterocycles. The van der Waals surface area contributed by atoms with Crippen molar-refractivity contribution in [1.29, 1.82) is 0 Å². The maximum atomic E-state index is 9.87. The van der Waals surface area contributed by atoms with E-state index in [-0.39, 0.29) is 13.2 Å². The lowest BCUT2D eigenvalue weighted by Gasteiger charge is -2.23. The standard InChI is InChI=1S/C22H42O5/c1-2-3-4-5-6-7-8-9-10-11-12-13-14-15-16-26-22-20(25)18-27-21(22)19(24)17-23/h2,19-25H,1,3-18H2/t19-,20+,21+,22+/m0/s1. The lowest BCUT2D eigenvalue weighted by atomic mass is 10.0. The van der Waals surface area contributed by atoms with Gasteiger partial charge in [0, 0.05) is 6.61 Å². The van der Waals surface area contributed by atoms with Crippen molar-refractivity contribution >= 4 is 0 Å². The van der Waals surface area contributed by atoms with E-state index >= 15 is 0 Å². The summed E-state index contributed by atoms with van der Waals surface area (Å²) < 4.78 is 11.0. The molecule has 0 amide bonds. The van der Waals surface area contributed by atoms with Gasteiger partial charge in [0.2, 0.25) is 0 Å². The second-order valence-corrected chi connectivity index (χ2v) is 7.77. The van der Waals surface area contributed by atoms with E-state index in [0.29, 0.717) is 6.61 Å². The molecule has 0 bridgehead atoms. The average Bonchev–Trinajstić information content (AvgIpc) is 3.04. The molecule has 0 aromatic heterocycles. The van der Waals surface area contributed by atoms with E-state index < -0.39 is 24.4 Å². The van der Waals surface area contributed by atoms with Gasteiger partial charge in [-0.3, -0.25) is 0 Å². The lowest BCUT2D eigenvalue weighted by molar-refractivity contribution is -0.0938. The summed E-state index contributed by atoms with van der Waals surface area (Å²) in [6, 6.07) is 0. The van der Waals surface area contributed by atoms with Gasteiger partial charge in [-0.1, -0.05) is 70.3 Å². The van der Waals surface area contributed by atoms with E-state index in [1.807, 2.05) is 6.08 Å². The van der Waals surface area contributed by atoms with Crippen LogP contribution < -0.4 is 0 Å². The van der Waals surface area contributed by atoms with Gasteiger partial charge in [-0.25, -0.2) is 0 Å². The summed E-state index contributed by atoms with van der Waals surface area (Å²) >= 11 is 0. The summed E-state index contributed by atoms with van der Waals surface area (Å²) in [5.74, 6) is 0. The molecule has 1 fully saturated rings. The Hall–Kier alpha value is -0.460. The number of allylic oxidation sites excluding steroid dienone is 1. The van der Waals surface area contributed by atoms with Crippen LogP contribution in [0.1, 0.15) is 83.5 Å². The first-order chi connectivity index (χ1) is 13.2. The van der Waals surface area contributed by atoms with Crippen LogP contribution in [-0.2, 0) is 9.47 Å². The van der Waals surface area contributed by atoms with Crippen molar-refractivity contribution in [3.63, 3.8) is 0 Å². The van der Waals surface area contributed by atoms with Gasteiger partial charge < -0.3 is 24.8 Å². The summed E-state index contributed by atoms with van der Waals surface area (Å²) in [6.45, 7) is 4.09. The number of aliphatic hydroxyl groups is 3.